The van der Waals surface area contributed by atoms with E-state index in [4.69, 9.17) is 4.98 Å². The van der Waals surface area contributed by atoms with E-state index in [1.54, 1.807) is 4.68 Å². The Morgan fingerprint density at radius 1 is 1.22 bits per heavy atom. The summed E-state index contributed by atoms with van der Waals surface area (Å²) in [5, 5.41) is 9.84. The average molecular weight is 508 g/mol. The van der Waals surface area contributed by atoms with Gasteiger partial charge in [0.15, 0.2) is 0 Å². The van der Waals surface area contributed by atoms with E-state index in [-0.39, 0.29) is 17.4 Å². The molecule has 36 heavy (non-hydrogen) atoms. The molecule has 1 aromatic carbocycles. The van der Waals surface area contributed by atoms with Crippen LogP contribution in [0.3, 0.4) is 0 Å². The molecule has 8 heteroatoms. The first-order valence-electron chi connectivity index (χ1n) is 13.5. The van der Waals surface area contributed by atoms with Crippen molar-refractivity contribution in [2.24, 2.45) is 13.0 Å². The minimum Gasteiger partial charge on any atom is -0.349 e. The summed E-state index contributed by atoms with van der Waals surface area (Å²) in [6, 6.07) is 6.01. The van der Waals surface area contributed by atoms with E-state index in [1.807, 2.05) is 42.8 Å². The molecule has 8 rings (SSSR count). The highest BCUT2D eigenvalue weighted by molar-refractivity contribution is 7.12. The maximum Gasteiger partial charge on any atom is 0.252 e. The van der Waals surface area contributed by atoms with Crippen LogP contribution < -0.4 is 5.32 Å². The van der Waals surface area contributed by atoms with E-state index in [0.29, 0.717) is 19.3 Å². The maximum atomic E-state index is 14.0. The standard InChI is InChI=1S/C28H34FN5OS/c1-33-13-21-20(3-2-4-22(21)32-33)25(35)30-19-7-5-18(6-8-19)9-11-34-12-10-24-23(14-34)31-26(36-24)27-15-28(29,16-27)17-27/h2-4,13,18-19H,5-12,14-17H2,1H3,(H,30,35). The SMILES string of the molecule is Cn1cc2c(C(=O)NC3CCC(CCN4CCc5sc(C67CC(F)(C6)C7)nc5C4)CC3)cccc2n1. The predicted octanol–water partition coefficient (Wildman–Crippen LogP) is 4.91. The molecule has 0 saturated heterocycles. The number of rotatable bonds is 6. The van der Waals surface area contributed by atoms with Gasteiger partial charge in [0.2, 0.25) is 0 Å². The van der Waals surface area contributed by atoms with Crippen molar-refractivity contribution in [1.29, 1.82) is 0 Å². The fraction of sp³-hybridized carbons (Fsp3) is 0.607. The third kappa shape index (κ3) is 3.88. The number of carbonyl (C=O) groups is 1. The number of amides is 1. The Morgan fingerprint density at radius 2 is 2.03 bits per heavy atom. The first-order chi connectivity index (χ1) is 17.4. The van der Waals surface area contributed by atoms with Gasteiger partial charge in [-0.3, -0.25) is 14.4 Å². The molecule has 2 aromatic heterocycles. The number of nitrogens with one attached hydrogen (secondary N) is 1. The normalized spacial score (nSPS) is 31.5. The summed E-state index contributed by atoms with van der Waals surface area (Å²) in [5.74, 6) is 0.748. The largest absolute Gasteiger partial charge is 0.349 e. The number of alkyl halides is 1. The Bertz CT molecular complexity index is 1300. The summed E-state index contributed by atoms with van der Waals surface area (Å²) >= 11 is 1.86. The number of carbonyl (C=O) groups excluding carboxylic acids is 1. The molecule has 3 heterocycles. The predicted molar refractivity (Wildman–Crippen MR) is 139 cm³/mol. The van der Waals surface area contributed by atoms with Crippen LogP contribution >= 0.6 is 11.3 Å². The van der Waals surface area contributed by atoms with Crippen LogP contribution in [0.4, 0.5) is 4.39 Å². The Morgan fingerprint density at radius 3 is 2.81 bits per heavy atom. The number of fused-ring (bicyclic) bond motifs is 2. The molecule has 4 fully saturated rings. The zero-order chi connectivity index (χ0) is 24.5. The quantitative estimate of drug-likeness (QED) is 0.515. The van der Waals surface area contributed by atoms with Crippen LogP contribution in [0.25, 0.3) is 10.9 Å². The van der Waals surface area contributed by atoms with Crippen molar-refractivity contribution in [2.75, 3.05) is 13.1 Å². The molecule has 190 valence electrons. The zero-order valence-corrected chi connectivity index (χ0v) is 21.7. The van der Waals surface area contributed by atoms with Gasteiger partial charge in [0, 0.05) is 48.1 Å². The molecular weight excluding hydrogens is 473 g/mol. The van der Waals surface area contributed by atoms with E-state index in [1.165, 1.54) is 34.8 Å². The summed E-state index contributed by atoms with van der Waals surface area (Å²) in [4.78, 5) is 22.0. The van der Waals surface area contributed by atoms with Gasteiger partial charge in [-0.2, -0.15) is 5.10 Å². The van der Waals surface area contributed by atoms with Crippen LogP contribution in [0.15, 0.2) is 24.4 Å². The number of nitrogens with zero attached hydrogens (tertiary/aromatic N) is 4. The van der Waals surface area contributed by atoms with Crippen molar-refractivity contribution < 1.29 is 9.18 Å². The van der Waals surface area contributed by atoms with E-state index in [2.05, 4.69) is 15.3 Å². The van der Waals surface area contributed by atoms with Crippen molar-refractivity contribution in [3.8, 4) is 0 Å². The zero-order valence-electron chi connectivity index (χ0n) is 20.9. The fourth-order valence-electron chi connectivity index (χ4n) is 7.14. The lowest BCUT2D eigenvalue weighted by Gasteiger charge is -2.64. The first-order valence-corrected chi connectivity index (χ1v) is 14.3. The number of benzene rings is 1. The molecular formula is C28H34FN5OS. The molecule has 1 aliphatic heterocycles. The minimum atomic E-state index is -0.854. The van der Waals surface area contributed by atoms with Gasteiger partial charge in [0.05, 0.1) is 21.8 Å². The Hall–Kier alpha value is -2.32. The lowest BCUT2D eigenvalue weighted by Crippen LogP contribution is -2.67. The average Bonchev–Trinajstić information content (AvgIpc) is 3.42. The highest BCUT2D eigenvalue weighted by Crippen LogP contribution is 2.70. The summed E-state index contributed by atoms with van der Waals surface area (Å²) in [6.45, 7) is 3.18. The molecule has 1 amide bonds. The second-order valence-electron chi connectivity index (χ2n) is 11.9. The molecule has 3 aromatic rings. The number of thiazole rings is 1. The van der Waals surface area contributed by atoms with E-state index in [0.717, 1.165) is 61.3 Å². The van der Waals surface area contributed by atoms with E-state index < -0.39 is 5.67 Å². The van der Waals surface area contributed by atoms with Gasteiger partial charge < -0.3 is 5.32 Å². The topological polar surface area (TPSA) is 63.1 Å². The summed E-state index contributed by atoms with van der Waals surface area (Å²) in [5.41, 5.74) is 2.08. The lowest BCUT2D eigenvalue weighted by atomic mass is 9.42. The molecule has 0 unspecified atom stereocenters. The molecule has 4 aliphatic carbocycles. The molecule has 2 bridgehead atoms. The second kappa shape index (κ2) is 8.35. The van der Waals surface area contributed by atoms with Crippen LogP contribution in [0.5, 0.6) is 0 Å². The smallest absolute Gasteiger partial charge is 0.252 e. The molecule has 0 atom stereocenters. The molecule has 0 radical (unpaired) electrons. The van der Waals surface area contributed by atoms with Crippen LogP contribution in [0.1, 0.15) is 77.3 Å². The third-order valence-corrected chi connectivity index (χ3v) is 10.6. The molecule has 1 N–H and O–H groups in total. The van der Waals surface area contributed by atoms with Gasteiger partial charge in [-0.25, -0.2) is 9.37 Å². The first kappa shape index (κ1) is 22.8. The van der Waals surface area contributed by atoms with Crippen LogP contribution in [0.2, 0.25) is 0 Å². The minimum absolute atomic E-state index is 0.0179. The Labute approximate surface area is 215 Å². The number of aromatic nitrogens is 3. The van der Waals surface area contributed by atoms with Crippen molar-refractivity contribution in [2.45, 2.75) is 81.5 Å². The van der Waals surface area contributed by atoms with Crippen LogP contribution in [0, 0.1) is 5.92 Å². The second-order valence-corrected chi connectivity index (χ2v) is 13.0. The van der Waals surface area contributed by atoms with Gasteiger partial charge in [-0.15, -0.1) is 11.3 Å². The summed E-state index contributed by atoms with van der Waals surface area (Å²) in [6.07, 6.45) is 10.8. The van der Waals surface area contributed by atoms with Gasteiger partial charge in [0.1, 0.15) is 5.67 Å². The van der Waals surface area contributed by atoms with Crippen LogP contribution in [-0.4, -0.2) is 50.4 Å². The maximum absolute atomic E-state index is 14.0. The van der Waals surface area contributed by atoms with Crippen molar-refractivity contribution in [3.05, 3.63) is 45.5 Å². The summed E-state index contributed by atoms with van der Waals surface area (Å²) < 4.78 is 15.8. The van der Waals surface area contributed by atoms with Gasteiger partial charge in [0.25, 0.3) is 5.91 Å². The summed E-state index contributed by atoms with van der Waals surface area (Å²) in [7, 11) is 1.89. The highest BCUT2D eigenvalue weighted by atomic mass is 32.1. The Balaban J connectivity index is 0.886. The monoisotopic (exact) mass is 507 g/mol. The molecule has 0 spiro atoms. The Kier molecular flexibility index (Phi) is 5.30. The van der Waals surface area contributed by atoms with Crippen molar-refractivity contribution in [3.63, 3.8) is 0 Å². The van der Waals surface area contributed by atoms with Gasteiger partial charge in [-0.1, -0.05) is 6.07 Å². The lowest BCUT2D eigenvalue weighted by molar-refractivity contribution is -0.158. The van der Waals surface area contributed by atoms with Crippen molar-refractivity contribution in [1.82, 2.24) is 25.0 Å². The van der Waals surface area contributed by atoms with E-state index in [9.17, 15) is 9.18 Å². The van der Waals surface area contributed by atoms with Gasteiger partial charge >= 0.3 is 0 Å². The molecule has 6 nitrogen and oxygen atoms in total. The van der Waals surface area contributed by atoms with Gasteiger partial charge in [-0.05, 0) is 82.4 Å². The molecule has 4 saturated carbocycles. The number of hydrogen-bond donors (Lipinski definition) is 1. The third-order valence-electron chi connectivity index (χ3n) is 9.17. The number of hydrogen-bond acceptors (Lipinski definition) is 5. The molecule has 5 aliphatic rings. The van der Waals surface area contributed by atoms with E-state index >= 15 is 0 Å². The number of aryl methyl sites for hydroxylation is 1. The van der Waals surface area contributed by atoms with Crippen LogP contribution in [-0.2, 0) is 25.4 Å². The van der Waals surface area contributed by atoms with Crippen molar-refractivity contribution >= 4 is 28.1 Å². The fourth-order valence-corrected chi connectivity index (χ4v) is 8.39. The number of halogens is 1. The highest BCUT2D eigenvalue weighted by Gasteiger charge is 2.71.